The van der Waals surface area contributed by atoms with E-state index in [1.165, 1.54) is 0 Å². The van der Waals surface area contributed by atoms with Crippen molar-refractivity contribution in [2.45, 2.75) is 0 Å². The smallest absolute Gasteiger partial charge is 1.00 e. The van der Waals surface area contributed by atoms with E-state index in [1.54, 1.807) is 0 Å². The summed E-state index contributed by atoms with van der Waals surface area (Å²) in [6.07, 6.45) is 0. The summed E-state index contributed by atoms with van der Waals surface area (Å²) in [5.74, 6) is 0. The summed E-state index contributed by atoms with van der Waals surface area (Å²) >= 11 is -3.24. The first kappa shape index (κ1) is 10.1. The summed E-state index contributed by atoms with van der Waals surface area (Å²) in [6.45, 7) is 0. The second-order valence-corrected chi connectivity index (χ2v) is 0.771. The SMILES string of the molecule is O=S(F)OF.[H-].[Na+]. The zero-order valence-corrected chi connectivity index (χ0v) is 5.80. The summed E-state index contributed by atoms with van der Waals surface area (Å²) in [6, 6.07) is 0. The molecule has 0 aromatic rings. The zero-order valence-electron chi connectivity index (χ0n) is 3.98. The fraction of sp³-hybridized carbons (Fsp3) is 0. The molecule has 0 aromatic heterocycles. The van der Waals surface area contributed by atoms with Crippen LogP contribution >= 0.6 is 0 Å². The first-order valence-electron chi connectivity index (χ1n) is 0.642. The molecule has 0 rings (SSSR count). The Morgan fingerprint density at radius 1 is 1.83 bits per heavy atom. The molecule has 0 amide bonds. The molecule has 1 unspecified atom stereocenters. The monoisotopic (exact) mass is 126 g/mol. The second-order valence-electron chi connectivity index (χ2n) is 0.257. The molecule has 0 aromatic carbocycles. The Labute approximate surface area is 59.5 Å². The molecule has 2 nitrogen and oxygen atoms in total. The molecule has 0 N–H and O–H groups in total. The molecule has 34 valence electrons. The molecule has 1 atom stereocenters. The van der Waals surface area contributed by atoms with Gasteiger partial charge in [0, 0.05) is 0 Å². The average Bonchev–Trinajstić information content (AvgIpc) is 1.38. The third kappa shape index (κ3) is 8.88. The fourth-order valence-electron chi connectivity index (χ4n) is 0. The van der Waals surface area contributed by atoms with E-state index in [-0.39, 0.29) is 31.0 Å². The first-order valence-corrected chi connectivity index (χ1v) is 1.62. The summed E-state index contributed by atoms with van der Waals surface area (Å²) in [5.41, 5.74) is 0. The Bertz CT molecular complexity index is 51.0. The molecule has 0 fully saturated rings. The van der Waals surface area contributed by atoms with Crippen LogP contribution in [0.1, 0.15) is 1.43 Å². The van der Waals surface area contributed by atoms with E-state index in [4.69, 9.17) is 4.21 Å². The van der Waals surface area contributed by atoms with Crippen molar-refractivity contribution in [1.82, 2.24) is 0 Å². The molecule has 0 heterocycles. The van der Waals surface area contributed by atoms with Crippen LogP contribution in [0.3, 0.4) is 0 Å². The third-order valence-electron chi connectivity index (χ3n) is 0.0495. The van der Waals surface area contributed by atoms with E-state index in [9.17, 15) is 8.41 Å². The van der Waals surface area contributed by atoms with Crippen LogP contribution in [-0.2, 0) is 15.9 Å². The minimum atomic E-state index is -3.24. The molecule has 0 spiro atoms. The largest absolute Gasteiger partial charge is 1.00 e. The van der Waals surface area contributed by atoms with Crippen molar-refractivity contribution < 1.29 is 48.0 Å². The minimum absolute atomic E-state index is 0. The number of rotatable bonds is 1. The van der Waals surface area contributed by atoms with Crippen molar-refractivity contribution in [3.05, 3.63) is 0 Å². The van der Waals surface area contributed by atoms with E-state index < -0.39 is 11.5 Å². The predicted octanol–water partition coefficient (Wildman–Crippen LogP) is -2.45. The molecule has 0 radical (unpaired) electrons. The first-order chi connectivity index (χ1) is 2.27. The maximum absolute atomic E-state index is 10.3. The van der Waals surface area contributed by atoms with Gasteiger partial charge in [-0.3, -0.25) is 0 Å². The van der Waals surface area contributed by atoms with E-state index in [0.717, 1.165) is 0 Å². The van der Waals surface area contributed by atoms with Crippen LogP contribution in [0.4, 0.5) is 8.41 Å². The molecule has 0 aliphatic heterocycles. The number of halogens is 2. The Morgan fingerprint density at radius 3 is 2.00 bits per heavy atom. The molecule has 0 saturated carbocycles. The molecule has 0 aliphatic carbocycles. The van der Waals surface area contributed by atoms with Crippen molar-refractivity contribution in [2.24, 2.45) is 0 Å². The maximum atomic E-state index is 10.3. The van der Waals surface area contributed by atoms with E-state index >= 15 is 0 Å². The van der Waals surface area contributed by atoms with Crippen molar-refractivity contribution >= 4 is 11.5 Å². The summed E-state index contributed by atoms with van der Waals surface area (Å²) < 4.78 is 31.0. The zero-order chi connectivity index (χ0) is 4.28. The molecule has 0 saturated heterocycles. The molecule has 0 bridgehead atoms. The quantitative estimate of drug-likeness (QED) is 0.288. The van der Waals surface area contributed by atoms with Crippen LogP contribution in [-0.4, -0.2) is 4.21 Å². The standard InChI is InChI=1S/F2O2S.Na.H/c1-4-5(2)3;;/q;+1;-1. The van der Waals surface area contributed by atoms with Crippen LogP contribution in [0.15, 0.2) is 0 Å². The summed E-state index contributed by atoms with van der Waals surface area (Å²) in [7, 11) is 0. The second kappa shape index (κ2) is 5.97. The molecular weight excluding hydrogens is 125 g/mol. The fourth-order valence-corrected chi connectivity index (χ4v) is 0. The van der Waals surface area contributed by atoms with Crippen LogP contribution in [0.5, 0.6) is 0 Å². The topological polar surface area (TPSA) is 26.3 Å². The van der Waals surface area contributed by atoms with Crippen molar-refractivity contribution in [2.75, 3.05) is 0 Å². The van der Waals surface area contributed by atoms with Gasteiger partial charge in [-0.1, -0.05) is 4.39 Å². The van der Waals surface area contributed by atoms with E-state index in [1.807, 2.05) is 0 Å². The van der Waals surface area contributed by atoms with Gasteiger partial charge in [0.25, 0.3) is 0 Å². The van der Waals surface area contributed by atoms with Crippen LogP contribution in [0.25, 0.3) is 0 Å². The van der Waals surface area contributed by atoms with Crippen molar-refractivity contribution in [1.29, 1.82) is 0 Å². The van der Waals surface area contributed by atoms with Crippen LogP contribution in [0.2, 0.25) is 0 Å². The summed E-state index contributed by atoms with van der Waals surface area (Å²) in [5, 5.41) is 0. The Kier molecular flexibility index (Phi) is 10.0. The Balaban J connectivity index is -0.0000000800. The van der Waals surface area contributed by atoms with Crippen LogP contribution < -0.4 is 29.6 Å². The van der Waals surface area contributed by atoms with Gasteiger partial charge >= 0.3 is 41.0 Å². The van der Waals surface area contributed by atoms with Gasteiger partial charge in [0.05, 0.1) is 0 Å². The third-order valence-corrected chi connectivity index (χ3v) is 0.149. The van der Waals surface area contributed by atoms with E-state index in [0.29, 0.717) is 0 Å². The van der Waals surface area contributed by atoms with Gasteiger partial charge in [0.1, 0.15) is 0 Å². The van der Waals surface area contributed by atoms with Crippen LogP contribution in [0, 0.1) is 0 Å². The Morgan fingerprint density at radius 2 is 2.00 bits per heavy atom. The van der Waals surface area contributed by atoms with Gasteiger partial charge in [-0.15, -0.1) is 3.89 Å². The van der Waals surface area contributed by atoms with E-state index in [2.05, 4.69) is 4.39 Å². The molecular formula is HF2NaO2S. The molecule has 6 heteroatoms. The average molecular weight is 126 g/mol. The number of hydrogen-bond donors (Lipinski definition) is 0. The van der Waals surface area contributed by atoms with Crippen molar-refractivity contribution in [3.8, 4) is 0 Å². The molecule has 0 aliphatic rings. The van der Waals surface area contributed by atoms with Gasteiger partial charge in [0.2, 0.25) is 0 Å². The van der Waals surface area contributed by atoms with Gasteiger partial charge in [-0.2, -0.15) is 4.21 Å². The normalized spacial score (nSPS) is 12.3. The minimum Gasteiger partial charge on any atom is -1.00 e. The predicted molar refractivity (Wildman–Crippen MR) is 12.6 cm³/mol. The van der Waals surface area contributed by atoms with Gasteiger partial charge in [-0.05, 0) is 4.53 Å². The van der Waals surface area contributed by atoms with Gasteiger partial charge < -0.3 is 1.43 Å². The maximum Gasteiger partial charge on any atom is 1.00 e. The number of hydrogen-bond acceptors (Lipinski definition) is 2. The summed E-state index contributed by atoms with van der Waals surface area (Å²) in [4.78, 5) is 0. The van der Waals surface area contributed by atoms with Gasteiger partial charge in [-0.25, -0.2) is 0 Å². The Hall–Kier alpha value is 0.970. The van der Waals surface area contributed by atoms with Gasteiger partial charge in [0.15, 0.2) is 0 Å². The molecule has 6 heavy (non-hydrogen) atoms. The van der Waals surface area contributed by atoms with Crippen molar-refractivity contribution in [3.63, 3.8) is 0 Å².